The van der Waals surface area contributed by atoms with Gasteiger partial charge in [-0.05, 0) is 5.56 Å². The van der Waals surface area contributed by atoms with Gasteiger partial charge in [0.1, 0.15) is 0 Å². The zero-order valence-corrected chi connectivity index (χ0v) is 8.45. The third-order valence-electron chi connectivity index (χ3n) is 1.44. The SMILES string of the molecule is CS(=O)(=O)OC(=O)Cc1ccccc1.[LiH]. The fourth-order valence-electron chi connectivity index (χ4n) is 0.961. The molecule has 0 fully saturated rings. The van der Waals surface area contributed by atoms with Crippen LogP contribution in [0.2, 0.25) is 0 Å². The van der Waals surface area contributed by atoms with Gasteiger partial charge in [0.15, 0.2) is 0 Å². The Hall–Kier alpha value is -0.763. The number of hydrogen-bond acceptors (Lipinski definition) is 4. The van der Waals surface area contributed by atoms with Crippen molar-refractivity contribution in [2.45, 2.75) is 6.42 Å². The molecular weight excluding hydrogens is 211 g/mol. The maximum atomic E-state index is 11.0. The Morgan fingerprint density at radius 2 is 1.80 bits per heavy atom. The summed E-state index contributed by atoms with van der Waals surface area (Å²) in [6.07, 6.45) is 0.809. The van der Waals surface area contributed by atoms with Gasteiger partial charge in [0, 0.05) is 0 Å². The molecule has 1 aromatic carbocycles. The van der Waals surface area contributed by atoms with Crippen LogP contribution in [0.4, 0.5) is 0 Å². The molecule has 0 N–H and O–H groups in total. The fraction of sp³-hybridized carbons (Fsp3) is 0.222. The normalized spacial score (nSPS) is 10.2. The first-order valence-electron chi connectivity index (χ1n) is 3.93. The monoisotopic (exact) mass is 222 g/mol. The topological polar surface area (TPSA) is 60.4 Å². The molecule has 0 heterocycles. The van der Waals surface area contributed by atoms with Gasteiger partial charge in [-0.15, -0.1) is 0 Å². The molecule has 0 aliphatic rings. The van der Waals surface area contributed by atoms with Crippen molar-refractivity contribution >= 4 is 34.9 Å². The summed E-state index contributed by atoms with van der Waals surface area (Å²) in [5.41, 5.74) is 0.723. The van der Waals surface area contributed by atoms with Gasteiger partial charge in [-0.1, -0.05) is 30.3 Å². The Bertz CT molecular complexity index is 413. The molecule has 0 aliphatic carbocycles. The predicted molar refractivity (Wildman–Crippen MR) is 58.2 cm³/mol. The van der Waals surface area contributed by atoms with Crippen LogP contribution in [0.3, 0.4) is 0 Å². The molecule has 78 valence electrons. The zero-order chi connectivity index (χ0) is 10.6. The van der Waals surface area contributed by atoms with Crippen molar-refractivity contribution in [2.75, 3.05) is 6.26 Å². The summed E-state index contributed by atoms with van der Waals surface area (Å²) in [5.74, 6) is -0.765. The van der Waals surface area contributed by atoms with Crippen LogP contribution in [0, 0.1) is 0 Å². The molecule has 1 rings (SSSR count). The van der Waals surface area contributed by atoms with Crippen molar-refractivity contribution < 1.29 is 17.4 Å². The van der Waals surface area contributed by atoms with E-state index in [2.05, 4.69) is 4.18 Å². The van der Waals surface area contributed by atoms with Crippen LogP contribution in [0.15, 0.2) is 30.3 Å². The molecule has 0 radical (unpaired) electrons. The Labute approximate surface area is 101 Å². The van der Waals surface area contributed by atoms with Crippen LogP contribution in [-0.2, 0) is 25.5 Å². The molecule has 1 aromatic rings. The summed E-state index contributed by atoms with van der Waals surface area (Å²) in [7, 11) is -3.69. The van der Waals surface area contributed by atoms with Gasteiger partial charge in [-0.3, -0.25) is 4.79 Å². The second-order valence-corrected chi connectivity index (χ2v) is 4.40. The van der Waals surface area contributed by atoms with Gasteiger partial charge in [-0.25, -0.2) is 0 Å². The quantitative estimate of drug-likeness (QED) is 0.537. The van der Waals surface area contributed by atoms with E-state index in [4.69, 9.17) is 0 Å². The average molecular weight is 222 g/mol. The van der Waals surface area contributed by atoms with Crippen LogP contribution < -0.4 is 0 Å². The Morgan fingerprint density at radius 1 is 1.27 bits per heavy atom. The van der Waals surface area contributed by atoms with Crippen molar-refractivity contribution in [3.05, 3.63) is 35.9 Å². The number of carbonyl (C=O) groups is 1. The van der Waals surface area contributed by atoms with Crippen LogP contribution in [0.25, 0.3) is 0 Å². The number of benzene rings is 1. The van der Waals surface area contributed by atoms with E-state index in [1.165, 1.54) is 0 Å². The summed E-state index contributed by atoms with van der Waals surface area (Å²) in [5, 5.41) is 0. The van der Waals surface area contributed by atoms with E-state index < -0.39 is 16.1 Å². The van der Waals surface area contributed by atoms with E-state index in [9.17, 15) is 13.2 Å². The minimum absolute atomic E-state index is 0. The van der Waals surface area contributed by atoms with Gasteiger partial charge in [0.25, 0.3) is 0 Å². The van der Waals surface area contributed by atoms with Crippen molar-refractivity contribution in [2.24, 2.45) is 0 Å². The van der Waals surface area contributed by atoms with E-state index >= 15 is 0 Å². The van der Waals surface area contributed by atoms with Crippen molar-refractivity contribution in [1.82, 2.24) is 0 Å². The second kappa shape index (κ2) is 5.96. The Balaban J connectivity index is 0.00000196. The van der Waals surface area contributed by atoms with Gasteiger partial charge >= 0.3 is 34.9 Å². The summed E-state index contributed by atoms with van der Waals surface area (Å²) in [6, 6.07) is 8.80. The van der Waals surface area contributed by atoms with Crippen molar-refractivity contribution in [3.63, 3.8) is 0 Å². The average Bonchev–Trinajstić information content (AvgIpc) is 2.02. The predicted octanol–water partition coefficient (Wildman–Crippen LogP) is 0.0834. The fourth-order valence-corrected chi connectivity index (χ4v) is 1.36. The Kier molecular flexibility index (Phi) is 5.66. The van der Waals surface area contributed by atoms with Crippen LogP contribution >= 0.6 is 0 Å². The van der Waals surface area contributed by atoms with Crippen molar-refractivity contribution in [3.8, 4) is 0 Å². The van der Waals surface area contributed by atoms with Crippen LogP contribution in [0.1, 0.15) is 5.56 Å². The third-order valence-corrected chi connectivity index (χ3v) is 1.92. The molecule has 0 amide bonds. The van der Waals surface area contributed by atoms with Crippen LogP contribution in [-0.4, -0.2) is 39.5 Å². The van der Waals surface area contributed by atoms with E-state index in [1.807, 2.05) is 6.07 Å². The molecule has 15 heavy (non-hydrogen) atoms. The van der Waals surface area contributed by atoms with Gasteiger partial charge in [0.05, 0.1) is 12.7 Å². The zero-order valence-electron chi connectivity index (χ0n) is 7.64. The van der Waals surface area contributed by atoms with Gasteiger partial charge < -0.3 is 4.18 Å². The molecule has 0 aromatic heterocycles. The first-order chi connectivity index (χ1) is 6.47. The van der Waals surface area contributed by atoms with Crippen molar-refractivity contribution in [1.29, 1.82) is 0 Å². The summed E-state index contributed by atoms with van der Waals surface area (Å²) >= 11 is 0. The van der Waals surface area contributed by atoms with Gasteiger partial charge in [0.2, 0.25) is 0 Å². The molecule has 0 unspecified atom stereocenters. The molecule has 0 atom stereocenters. The van der Waals surface area contributed by atoms with E-state index in [0.29, 0.717) is 0 Å². The Morgan fingerprint density at radius 3 is 2.27 bits per heavy atom. The molecule has 6 heteroatoms. The second-order valence-electron chi connectivity index (χ2n) is 2.82. The summed E-state index contributed by atoms with van der Waals surface area (Å²) < 4.78 is 25.4. The molecule has 0 saturated heterocycles. The van der Waals surface area contributed by atoms with Crippen LogP contribution in [0.5, 0.6) is 0 Å². The molecular formula is C9H11LiO4S. The number of rotatable bonds is 3. The molecule has 0 spiro atoms. The molecule has 0 bridgehead atoms. The first-order valence-corrected chi connectivity index (χ1v) is 5.75. The van der Waals surface area contributed by atoms with E-state index in [1.54, 1.807) is 24.3 Å². The maximum absolute atomic E-state index is 11.0. The van der Waals surface area contributed by atoms with Gasteiger partial charge in [-0.2, -0.15) is 8.42 Å². The van der Waals surface area contributed by atoms with E-state index in [0.717, 1.165) is 11.8 Å². The number of hydrogen-bond donors (Lipinski definition) is 0. The first kappa shape index (κ1) is 14.2. The minimum atomic E-state index is -3.69. The van der Waals surface area contributed by atoms with E-state index in [-0.39, 0.29) is 25.3 Å². The molecule has 0 saturated carbocycles. The third kappa shape index (κ3) is 6.34. The molecule has 0 aliphatic heterocycles. The standard InChI is InChI=1S/C9H10O4S.Li.H/c1-14(11,12)13-9(10)7-8-5-3-2-4-6-8;;/h2-6H,7H2,1H3;;. The number of carbonyl (C=O) groups excluding carboxylic acids is 1. The summed E-state index contributed by atoms with van der Waals surface area (Å²) in [4.78, 5) is 11.0. The summed E-state index contributed by atoms with van der Waals surface area (Å²) in [6.45, 7) is 0. The molecule has 4 nitrogen and oxygen atoms in total.